The van der Waals surface area contributed by atoms with Gasteiger partial charge in [0, 0.05) is 6.07 Å². The molecular formula is C10H12ClNO3. The fourth-order valence-corrected chi connectivity index (χ4v) is 1.42. The molecule has 4 nitrogen and oxygen atoms in total. The molecule has 0 aromatic heterocycles. The van der Waals surface area contributed by atoms with E-state index in [2.05, 4.69) is 0 Å². The highest BCUT2D eigenvalue weighted by Gasteiger charge is 2.12. The Morgan fingerprint density at radius 3 is 2.80 bits per heavy atom. The SMILES string of the molecule is C[C@@H](O)CCc1ccc(Cl)c([N+](=O)[O-])c1. The van der Waals surface area contributed by atoms with Gasteiger partial charge in [0.15, 0.2) is 0 Å². The molecule has 0 unspecified atom stereocenters. The maximum Gasteiger partial charge on any atom is 0.288 e. The molecule has 1 rings (SSSR count). The second-order valence-corrected chi connectivity index (χ2v) is 3.84. The molecule has 15 heavy (non-hydrogen) atoms. The second kappa shape index (κ2) is 5.09. The van der Waals surface area contributed by atoms with Crippen LogP contribution in [0.25, 0.3) is 0 Å². The van der Waals surface area contributed by atoms with E-state index in [1.165, 1.54) is 12.1 Å². The summed E-state index contributed by atoms with van der Waals surface area (Å²) in [6.07, 6.45) is 0.786. The maximum absolute atomic E-state index is 10.6. The molecule has 5 heteroatoms. The Morgan fingerprint density at radius 2 is 2.27 bits per heavy atom. The zero-order valence-electron chi connectivity index (χ0n) is 8.31. The Balaban J connectivity index is 2.83. The van der Waals surface area contributed by atoms with Crippen LogP contribution in [0.4, 0.5) is 5.69 Å². The van der Waals surface area contributed by atoms with Crippen LogP contribution in [0.2, 0.25) is 5.02 Å². The average molecular weight is 230 g/mol. The Hall–Kier alpha value is -1.13. The van der Waals surface area contributed by atoms with Crippen LogP contribution in [0.3, 0.4) is 0 Å². The van der Waals surface area contributed by atoms with Crippen LogP contribution in [0.1, 0.15) is 18.9 Å². The molecular weight excluding hydrogens is 218 g/mol. The number of benzene rings is 1. The van der Waals surface area contributed by atoms with Gasteiger partial charge in [0.05, 0.1) is 11.0 Å². The van der Waals surface area contributed by atoms with Crippen molar-refractivity contribution in [1.82, 2.24) is 0 Å². The summed E-state index contributed by atoms with van der Waals surface area (Å²) in [7, 11) is 0. The molecule has 82 valence electrons. The summed E-state index contributed by atoms with van der Waals surface area (Å²) in [5.41, 5.74) is 0.728. The molecule has 1 aromatic carbocycles. The first-order chi connectivity index (χ1) is 7.00. The molecule has 0 radical (unpaired) electrons. The lowest BCUT2D eigenvalue weighted by atomic mass is 10.1. The zero-order valence-corrected chi connectivity index (χ0v) is 9.07. The lowest BCUT2D eigenvalue weighted by Crippen LogP contribution is -2.01. The van der Waals surface area contributed by atoms with E-state index < -0.39 is 11.0 Å². The first-order valence-corrected chi connectivity index (χ1v) is 4.99. The van der Waals surface area contributed by atoms with E-state index in [1.807, 2.05) is 0 Å². The Bertz CT molecular complexity index is 366. The van der Waals surface area contributed by atoms with Gasteiger partial charge in [-0.25, -0.2) is 0 Å². The summed E-state index contributed by atoms with van der Waals surface area (Å²) in [5, 5.41) is 19.8. The minimum atomic E-state index is -0.506. The molecule has 0 amide bonds. The standard InChI is InChI=1S/C10H12ClNO3/c1-7(13)2-3-8-4-5-9(11)10(6-8)12(14)15/h4-7,13H,2-3H2,1H3/t7-/m1/s1. The fourth-order valence-electron chi connectivity index (χ4n) is 1.23. The summed E-state index contributed by atoms with van der Waals surface area (Å²) < 4.78 is 0. The molecule has 0 heterocycles. The quantitative estimate of drug-likeness (QED) is 0.638. The summed E-state index contributed by atoms with van der Waals surface area (Å²) in [4.78, 5) is 10.1. The van der Waals surface area contributed by atoms with Crippen molar-refractivity contribution in [1.29, 1.82) is 0 Å². The number of nitro benzene ring substituents is 1. The zero-order chi connectivity index (χ0) is 11.4. The van der Waals surface area contributed by atoms with Crippen molar-refractivity contribution in [3.05, 3.63) is 38.9 Å². The maximum atomic E-state index is 10.6. The molecule has 0 spiro atoms. The van der Waals surface area contributed by atoms with Crippen LogP contribution in [-0.2, 0) is 6.42 Å². The van der Waals surface area contributed by atoms with E-state index in [-0.39, 0.29) is 10.7 Å². The number of aliphatic hydroxyl groups excluding tert-OH is 1. The van der Waals surface area contributed by atoms with E-state index in [4.69, 9.17) is 16.7 Å². The number of rotatable bonds is 4. The summed E-state index contributed by atoms with van der Waals surface area (Å²) in [5.74, 6) is 0. The molecule has 0 fully saturated rings. The van der Waals surface area contributed by atoms with Crippen molar-refractivity contribution in [2.45, 2.75) is 25.9 Å². The van der Waals surface area contributed by atoms with E-state index in [1.54, 1.807) is 13.0 Å². The van der Waals surface area contributed by atoms with Gasteiger partial charge in [0.1, 0.15) is 5.02 Å². The minimum Gasteiger partial charge on any atom is -0.393 e. The number of aryl methyl sites for hydroxylation is 1. The van der Waals surface area contributed by atoms with Gasteiger partial charge in [-0.15, -0.1) is 0 Å². The molecule has 1 N–H and O–H groups in total. The number of hydrogen-bond acceptors (Lipinski definition) is 3. The second-order valence-electron chi connectivity index (χ2n) is 3.43. The lowest BCUT2D eigenvalue weighted by Gasteiger charge is -2.04. The number of halogens is 1. The smallest absolute Gasteiger partial charge is 0.288 e. The van der Waals surface area contributed by atoms with Crippen molar-refractivity contribution < 1.29 is 10.0 Å². The van der Waals surface area contributed by atoms with Gasteiger partial charge in [0.25, 0.3) is 5.69 Å². The monoisotopic (exact) mass is 229 g/mol. The van der Waals surface area contributed by atoms with Gasteiger partial charge in [-0.3, -0.25) is 10.1 Å². The highest BCUT2D eigenvalue weighted by Crippen LogP contribution is 2.25. The molecule has 0 bridgehead atoms. The summed E-state index contributed by atoms with van der Waals surface area (Å²) >= 11 is 5.66. The van der Waals surface area contributed by atoms with Crippen molar-refractivity contribution in [2.24, 2.45) is 0 Å². The number of aliphatic hydroxyl groups is 1. The third-order valence-electron chi connectivity index (χ3n) is 2.06. The number of hydrogen-bond donors (Lipinski definition) is 1. The van der Waals surface area contributed by atoms with Crippen molar-refractivity contribution in [2.75, 3.05) is 0 Å². The van der Waals surface area contributed by atoms with Gasteiger partial charge in [-0.05, 0) is 31.4 Å². The van der Waals surface area contributed by atoms with E-state index in [9.17, 15) is 10.1 Å². The minimum absolute atomic E-state index is 0.0836. The Labute approximate surface area is 92.6 Å². The van der Waals surface area contributed by atoms with Gasteiger partial charge >= 0.3 is 0 Å². The van der Waals surface area contributed by atoms with Gasteiger partial charge in [-0.1, -0.05) is 17.7 Å². The number of nitro groups is 1. The summed E-state index contributed by atoms with van der Waals surface area (Å²) in [6.45, 7) is 1.68. The van der Waals surface area contributed by atoms with Crippen LogP contribution in [0, 0.1) is 10.1 Å². The van der Waals surface area contributed by atoms with E-state index >= 15 is 0 Å². The van der Waals surface area contributed by atoms with Gasteiger partial charge < -0.3 is 5.11 Å². The Kier molecular flexibility index (Phi) is 4.05. The Morgan fingerprint density at radius 1 is 1.60 bits per heavy atom. The molecule has 0 aliphatic rings. The topological polar surface area (TPSA) is 63.4 Å². The molecule has 0 saturated carbocycles. The van der Waals surface area contributed by atoms with Crippen molar-refractivity contribution >= 4 is 17.3 Å². The normalized spacial score (nSPS) is 12.5. The average Bonchev–Trinajstić information content (AvgIpc) is 2.16. The third-order valence-corrected chi connectivity index (χ3v) is 2.38. The lowest BCUT2D eigenvalue weighted by molar-refractivity contribution is -0.384. The van der Waals surface area contributed by atoms with Gasteiger partial charge in [0.2, 0.25) is 0 Å². The van der Waals surface area contributed by atoms with Crippen LogP contribution >= 0.6 is 11.6 Å². The fraction of sp³-hybridized carbons (Fsp3) is 0.400. The predicted octanol–water partition coefficient (Wildman–Crippen LogP) is 2.56. The largest absolute Gasteiger partial charge is 0.393 e. The first kappa shape index (κ1) is 11.9. The molecule has 0 aliphatic carbocycles. The molecule has 0 aliphatic heterocycles. The van der Waals surface area contributed by atoms with Crippen LogP contribution in [-0.4, -0.2) is 16.1 Å². The number of nitrogens with zero attached hydrogens (tertiary/aromatic N) is 1. The highest BCUT2D eigenvalue weighted by molar-refractivity contribution is 6.32. The summed E-state index contributed by atoms with van der Waals surface area (Å²) in [6, 6.07) is 4.69. The van der Waals surface area contributed by atoms with Crippen LogP contribution in [0.5, 0.6) is 0 Å². The third kappa shape index (κ3) is 3.49. The van der Waals surface area contributed by atoms with E-state index in [0.717, 1.165) is 5.56 Å². The van der Waals surface area contributed by atoms with Crippen molar-refractivity contribution in [3.8, 4) is 0 Å². The molecule has 1 aromatic rings. The first-order valence-electron chi connectivity index (χ1n) is 4.61. The van der Waals surface area contributed by atoms with E-state index in [0.29, 0.717) is 12.8 Å². The van der Waals surface area contributed by atoms with Crippen LogP contribution in [0.15, 0.2) is 18.2 Å². The van der Waals surface area contributed by atoms with Crippen molar-refractivity contribution in [3.63, 3.8) is 0 Å². The molecule has 1 atom stereocenters. The predicted molar refractivity (Wildman–Crippen MR) is 58.1 cm³/mol. The van der Waals surface area contributed by atoms with Crippen LogP contribution < -0.4 is 0 Å². The van der Waals surface area contributed by atoms with Gasteiger partial charge in [-0.2, -0.15) is 0 Å². The molecule has 0 saturated heterocycles. The highest BCUT2D eigenvalue weighted by atomic mass is 35.5.